The van der Waals surface area contributed by atoms with E-state index in [1.54, 1.807) is 0 Å². The highest BCUT2D eigenvalue weighted by atomic mass is 14.9. The van der Waals surface area contributed by atoms with Gasteiger partial charge in [0.1, 0.15) is 5.84 Å². The molecule has 0 saturated carbocycles. The zero-order chi connectivity index (χ0) is 43.0. The van der Waals surface area contributed by atoms with Gasteiger partial charge in [-0.1, -0.05) is 194 Å². The van der Waals surface area contributed by atoms with E-state index in [0.29, 0.717) is 17.8 Å². The normalized spacial score (nSPS) is 12.0. The molecule has 11 rings (SSSR count). The molecule has 300 valence electrons. The fourth-order valence-electron chi connectivity index (χ4n) is 9.34. The molecule has 0 spiro atoms. The summed E-state index contributed by atoms with van der Waals surface area (Å²) in [5.41, 5.74) is 25.1. The highest BCUT2D eigenvalue weighted by Crippen LogP contribution is 2.49. The average Bonchev–Trinajstić information content (AvgIpc) is 3.70. The topological polar surface area (TPSA) is 62.2 Å². The summed E-state index contributed by atoms with van der Waals surface area (Å²) in [6.07, 6.45) is 2.81. The summed E-state index contributed by atoms with van der Waals surface area (Å²) in [5.74, 6) is 0.475. The highest BCUT2D eigenvalue weighted by molar-refractivity contribution is 6.18. The molecular weight excluding hydrogens is 775 g/mol. The molecule has 0 amide bonds. The minimum atomic E-state index is 0.475. The second-order valence-electron chi connectivity index (χ2n) is 16.4. The second-order valence-corrected chi connectivity index (χ2v) is 16.4. The fraction of sp³-hybridized carbons (Fsp3) is 0.0164. The van der Waals surface area contributed by atoms with Crippen LogP contribution in [0.1, 0.15) is 22.3 Å². The minimum absolute atomic E-state index is 0.475. The van der Waals surface area contributed by atoms with Crippen molar-refractivity contribution in [3.05, 3.63) is 247 Å². The molecule has 10 aromatic rings. The van der Waals surface area contributed by atoms with E-state index in [4.69, 9.17) is 10.7 Å². The zero-order valence-electron chi connectivity index (χ0n) is 35.0. The molecule has 0 saturated heterocycles. The zero-order valence-corrected chi connectivity index (χ0v) is 35.0. The number of amidine groups is 1. The maximum absolute atomic E-state index is 10.3. The van der Waals surface area contributed by atoms with Crippen LogP contribution in [0.5, 0.6) is 0 Å². The van der Waals surface area contributed by atoms with Gasteiger partial charge in [-0.15, -0.1) is 0 Å². The summed E-state index contributed by atoms with van der Waals surface area (Å²) in [4.78, 5) is 4.96. The van der Waals surface area contributed by atoms with Crippen LogP contribution in [0.3, 0.4) is 0 Å². The van der Waals surface area contributed by atoms with E-state index in [1.165, 1.54) is 49.5 Å². The molecule has 3 nitrogen and oxygen atoms in total. The van der Waals surface area contributed by atoms with Gasteiger partial charge in [-0.3, -0.25) is 0 Å². The lowest BCUT2D eigenvalue weighted by atomic mass is 9.89. The van der Waals surface area contributed by atoms with Gasteiger partial charge >= 0.3 is 0 Å². The Morgan fingerprint density at radius 3 is 1.80 bits per heavy atom. The first-order valence-electron chi connectivity index (χ1n) is 21.7. The average molecular weight is 816 g/mol. The number of nitriles is 1. The standard InChI is InChI=1S/C61H41N3/c62-39-41-34-49(43-27-24-40(25-28-43)26-33-59(44-13-2-1-3-14-44)64-61(63)48-30-29-42-12-4-5-15-45(42)36-48)38-50(35-41)52-19-7-6-18-51(52)46-16-10-17-47(37-46)53-31-32-58-55-21-9-8-20-54(55)57-23-11-22-56(53)60(57)58/h1-25,27-38H,26H2,(H2,63,64)/b59-33-. The van der Waals surface area contributed by atoms with E-state index in [1.807, 2.05) is 48.5 Å². The van der Waals surface area contributed by atoms with Crippen molar-refractivity contribution in [2.75, 3.05) is 0 Å². The Balaban J connectivity index is 0.896. The third-order valence-electron chi connectivity index (χ3n) is 12.5. The van der Waals surface area contributed by atoms with Crippen LogP contribution in [-0.4, -0.2) is 5.84 Å². The molecular formula is C61H41N3. The summed E-state index contributed by atoms with van der Waals surface area (Å²) in [5, 5.41) is 15.2. The Morgan fingerprint density at radius 2 is 1.03 bits per heavy atom. The van der Waals surface area contributed by atoms with Crippen LogP contribution >= 0.6 is 0 Å². The van der Waals surface area contributed by atoms with E-state index >= 15 is 0 Å². The predicted octanol–water partition coefficient (Wildman–Crippen LogP) is 15.2. The Bertz CT molecular complexity index is 3500. The summed E-state index contributed by atoms with van der Waals surface area (Å²) in [6.45, 7) is 0. The predicted molar refractivity (Wildman–Crippen MR) is 268 cm³/mol. The number of nitrogens with two attached hydrogens (primary N) is 1. The van der Waals surface area contributed by atoms with Gasteiger partial charge in [-0.2, -0.15) is 5.26 Å². The van der Waals surface area contributed by atoms with Crippen LogP contribution in [0.4, 0.5) is 0 Å². The van der Waals surface area contributed by atoms with Crippen molar-refractivity contribution in [1.82, 2.24) is 0 Å². The number of fused-ring (bicyclic) bond motifs is 4. The molecule has 0 heterocycles. The van der Waals surface area contributed by atoms with Crippen molar-refractivity contribution in [2.24, 2.45) is 10.7 Å². The quantitative estimate of drug-likeness (QED) is 0.116. The molecule has 0 unspecified atom stereocenters. The van der Waals surface area contributed by atoms with Crippen LogP contribution < -0.4 is 5.73 Å². The van der Waals surface area contributed by atoms with Crippen molar-refractivity contribution in [1.29, 1.82) is 5.26 Å². The molecule has 1 aliphatic rings. The number of hydrogen-bond donors (Lipinski definition) is 1. The first kappa shape index (κ1) is 38.3. The SMILES string of the molecule is N#Cc1cc(-c2ccc(C/C=C(\N=C(N)c3ccc4ccccc4c3)c3ccccc3)cc2)cc(-c2ccccc2-c2cccc(-c3ccc4c5c(cccc35)-c3ccccc3-4)c2)c1. The molecule has 1 aliphatic carbocycles. The van der Waals surface area contributed by atoms with E-state index in [-0.39, 0.29) is 0 Å². The summed E-state index contributed by atoms with van der Waals surface area (Å²) in [6, 6.07) is 79.2. The van der Waals surface area contributed by atoms with Gasteiger partial charge in [0.05, 0.1) is 17.3 Å². The Hall–Kier alpha value is -8.58. The molecule has 3 heteroatoms. The molecule has 64 heavy (non-hydrogen) atoms. The van der Waals surface area contributed by atoms with Crippen molar-refractivity contribution < 1.29 is 0 Å². The van der Waals surface area contributed by atoms with Crippen molar-refractivity contribution in [3.8, 4) is 72.8 Å². The van der Waals surface area contributed by atoms with Crippen molar-refractivity contribution in [2.45, 2.75) is 6.42 Å². The monoisotopic (exact) mass is 815 g/mol. The van der Waals surface area contributed by atoms with Gasteiger partial charge < -0.3 is 5.73 Å². The van der Waals surface area contributed by atoms with Gasteiger partial charge in [0.2, 0.25) is 0 Å². The van der Waals surface area contributed by atoms with Gasteiger partial charge in [-0.25, -0.2) is 4.99 Å². The van der Waals surface area contributed by atoms with Crippen LogP contribution in [0, 0.1) is 11.3 Å². The number of rotatable bonds is 9. The molecule has 0 radical (unpaired) electrons. The lowest BCUT2D eigenvalue weighted by Gasteiger charge is -2.15. The van der Waals surface area contributed by atoms with E-state index in [0.717, 1.165) is 61.2 Å². The third-order valence-corrected chi connectivity index (χ3v) is 12.5. The van der Waals surface area contributed by atoms with Crippen LogP contribution in [-0.2, 0) is 6.42 Å². The molecule has 0 aromatic heterocycles. The summed E-state index contributed by atoms with van der Waals surface area (Å²) < 4.78 is 0. The highest BCUT2D eigenvalue weighted by Gasteiger charge is 2.22. The van der Waals surface area contributed by atoms with Gasteiger partial charge in [0.15, 0.2) is 0 Å². The molecule has 10 aromatic carbocycles. The fourth-order valence-corrected chi connectivity index (χ4v) is 9.34. The molecule has 2 N–H and O–H groups in total. The second kappa shape index (κ2) is 16.4. The number of allylic oxidation sites excluding steroid dienone is 1. The minimum Gasteiger partial charge on any atom is -0.383 e. The Morgan fingerprint density at radius 1 is 0.438 bits per heavy atom. The first-order chi connectivity index (χ1) is 31.6. The smallest absolute Gasteiger partial charge is 0.131 e. The van der Waals surface area contributed by atoms with Gasteiger partial charge in [0, 0.05) is 5.56 Å². The molecule has 0 atom stereocenters. The lowest BCUT2D eigenvalue weighted by Crippen LogP contribution is -2.13. The first-order valence-corrected chi connectivity index (χ1v) is 21.7. The van der Waals surface area contributed by atoms with E-state index in [9.17, 15) is 5.26 Å². The van der Waals surface area contributed by atoms with Crippen LogP contribution in [0.25, 0.3) is 94.0 Å². The van der Waals surface area contributed by atoms with Crippen molar-refractivity contribution >= 4 is 33.1 Å². The number of hydrogen-bond acceptors (Lipinski definition) is 2. The summed E-state index contributed by atoms with van der Waals surface area (Å²) >= 11 is 0. The van der Waals surface area contributed by atoms with E-state index < -0.39 is 0 Å². The molecule has 0 aliphatic heterocycles. The van der Waals surface area contributed by atoms with E-state index in [2.05, 4.69) is 182 Å². The Kier molecular flexibility index (Phi) is 9.81. The number of benzene rings is 10. The molecule has 0 bridgehead atoms. The van der Waals surface area contributed by atoms with Gasteiger partial charge in [0.25, 0.3) is 0 Å². The van der Waals surface area contributed by atoms with Crippen molar-refractivity contribution in [3.63, 3.8) is 0 Å². The van der Waals surface area contributed by atoms with Crippen LogP contribution in [0.15, 0.2) is 229 Å². The number of nitrogens with zero attached hydrogens (tertiary/aromatic N) is 2. The Labute approximate surface area is 373 Å². The molecule has 0 fully saturated rings. The maximum atomic E-state index is 10.3. The largest absolute Gasteiger partial charge is 0.383 e. The maximum Gasteiger partial charge on any atom is 0.131 e. The number of aliphatic imine (C=N–C) groups is 1. The lowest BCUT2D eigenvalue weighted by molar-refractivity contribution is 1.26. The van der Waals surface area contributed by atoms with Crippen LogP contribution in [0.2, 0.25) is 0 Å². The third kappa shape index (κ3) is 7.14. The summed E-state index contributed by atoms with van der Waals surface area (Å²) in [7, 11) is 0. The van der Waals surface area contributed by atoms with Gasteiger partial charge in [-0.05, 0) is 136 Å².